The Kier molecular flexibility index (Phi) is 5.60. The van der Waals surface area contributed by atoms with Crippen molar-refractivity contribution < 1.29 is 21.6 Å². The molecule has 0 saturated carbocycles. The monoisotopic (exact) mass is 370 g/mol. The lowest BCUT2D eigenvalue weighted by Crippen LogP contribution is -2.40. The Bertz CT molecular complexity index is 656. The molecule has 1 aromatic rings. The van der Waals surface area contributed by atoms with Gasteiger partial charge in [0.1, 0.15) is 4.90 Å². The van der Waals surface area contributed by atoms with Crippen molar-refractivity contribution in [2.45, 2.75) is 23.9 Å². The number of rotatable bonds is 4. The summed E-state index contributed by atoms with van der Waals surface area (Å²) in [5.74, 6) is 0.364. The summed E-state index contributed by atoms with van der Waals surface area (Å²) in [5.41, 5.74) is -1.02. The third kappa shape index (κ3) is 4.17. The zero-order valence-corrected chi connectivity index (χ0v) is 14.1. The molecule has 1 aromatic carbocycles. The highest BCUT2D eigenvalue weighted by Gasteiger charge is 2.35. The highest BCUT2D eigenvalue weighted by molar-refractivity contribution is 7.89. The first-order valence-electron chi connectivity index (χ1n) is 7.17. The summed E-state index contributed by atoms with van der Waals surface area (Å²) in [6, 6.07) is 2.36. The molecule has 9 heteroatoms. The van der Waals surface area contributed by atoms with Crippen LogP contribution in [0.4, 0.5) is 13.2 Å². The van der Waals surface area contributed by atoms with Crippen molar-refractivity contribution in [1.29, 1.82) is 0 Å². The van der Waals surface area contributed by atoms with E-state index in [9.17, 15) is 21.6 Å². The van der Waals surface area contributed by atoms with Crippen LogP contribution in [0.3, 0.4) is 0 Å². The van der Waals surface area contributed by atoms with Crippen LogP contribution in [-0.2, 0) is 16.2 Å². The lowest BCUT2D eigenvalue weighted by atomic mass is 9.98. The Morgan fingerprint density at radius 1 is 1.30 bits per heavy atom. The van der Waals surface area contributed by atoms with Crippen LogP contribution in [0.2, 0.25) is 5.02 Å². The highest BCUT2D eigenvalue weighted by atomic mass is 35.5. The van der Waals surface area contributed by atoms with Crippen LogP contribution in [0.25, 0.3) is 0 Å². The van der Waals surface area contributed by atoms with Gasteiger partial charge >= 0.3 is 6.18 Å². The molecule has 0 atom stereocenters. The highest BCUT2D eigenvalue weighted by Crippen LogP contribution is 2.35. The van der Waals surface area contributed by atoms with Crippen LogP contribution < -0.4 is 5.32 Å². The summed E-state index contributed by atoms with van der Waals surface area (Å²) in [5, 5.41) is 2.84. The topological polar surface area (TPSA) is 49.4 Å². The SMILES string of the molecule is CNCC1CCN(S(=O)(=O)c2cc(C(F)(F)F)ccc2Cl)CC1. The van der Waals surface area contributed by atoms with Crippen molar-refractivity contribution in [1.82, 2.24) is 9.62 Å². The van der Waals surface area contributed by atoms with Crippen molar-refractivity contribution in [2.75, 3.05) is 26.7 Å². The molecule has 0 spiro atoms. The van der Waals surface area contributed by atoms with E-state index < -0.39 is 26.7 Å². The minimum atomic E-state index is -4.62. The molecule has 1 aliphatic heterocycles. The Balaban J connectivity index is 2.27. The first-order valence-corrected chi connectivity index (χ1v) is 8.99. The first-order chi connectivity index (χ1) is 10.7. The number of hydrogen-bond acceptors (Lipinski definition) is 3. The lowest BCUT2D eigenvalue weighted by Gasteiger charge is -2.31. The summed E-state index contributed by atoms with van der Waals surface area (Å²) < 4.78 is 64.9. The second-order valence-corrected chi connectivity index (χ2v) is 7.86. The molecule has 1 fully saturated rings. The summed E-state index contributed by atoms with van der Waals surface area (Å²) in [6.07, 6.45) is -3.29. The standard InChI is InChI=1S/C14H18ClF3N2O2S/c1-19-9-10-4-6-20(7-5-10)23(21,22)13-8-11(14(16,17)18)2-3-12(13)15/h2-3,8,10,19H,4-7,9H2,1H3. The molecule has 0 unspecified atom stereocenters. The molecular formula is C14H18ClF3N2O2S. The number of halogens is 4. The van der Waals surface area contributed by atoms with Crippen molar-refractivity contribution >= 4 is 21.6 Å². The summed E-state index contributed by atoms with van der Waals surface area (Å²) in [4.78, 5) is -0.485. The van der Waals surface area contributed by atoms with E-state index in [1.54, 1.807) is 0 Å². The largest absolute Gasteiger partial charge is 0.416 e. The molecule has 130 valence electrons. The fourth-order valence-corrected chi connectivity index (χ4v) is 4.63. The van der Waals surface area contributed by atoms with Crippen LogP contribution in [0, 0.1) is 5.92 Å². The van der Waals surface area contributed by atoms with E-state index in [2.05, 4.69) is 5.32 Å². The molecule has 2 rings (SSSR count). The predicted octanol–water partition coefficient (Wildman–Crippen LogP) is 2.98. The molecule has 4 nitrogen and oxygen atoms in total. The second-order valence-electron chi connectivity index (χ2n) is 5.55. The number of alkyl halides is 3. The summed E-state index contributed by atoms with van der Waals surface area (Å²) in [6.45, 7) is 1.35. The normalized spacial score (nSPS) is 18.3. The Labute approximate surface area is 138 Å². The maximum atomic E-state index is 12.8. The molecule has 1 N–H and O–H groups in total. The van der Waals surface area contributed by atoms with Crippen molar-refractivity contribution in [2.24, 2.45) is 5.92 Å². The van der Waals surface area contributed by atoms with Crippen LogP contribution >= 0.6 is 11.6 Å². The summed E-state index contributed by atoms with van der Waals surface area (Å²) in [7, 11) is -2.21. The Hall–Kier alpha value is -0.830. The molecule has 1 aliphatic rings. The molecule has 0 aromatic heterocycles. The molecule has 0 bridgehead atoms. The average Bonchev–Trinajstić information content (AvgIpc) is 2.47. The van der Waals surface area contributed by atoms with Gasteiger partial charge in [0.15, 0.2) is 0 Å². The van der Waals surface area contributed by atoms with E-state index >= 15 is 0 Å². The van der Waals surface area contributed by atoms with E-state index in [0.717, 1.165) is 18.7 Å². The van der Waals surface area contributed by atoms with Gasteiger partial charge in [-0.25, -0.2) is 8.42 Å². The third-order valence-electron chi connectivity index (χ3n) is 3.94. The van der Waals surface area contributed by atoms with Gasteiger partial charge in [-0.15, -0.1) is 0 Å². The quantitative estimate of drug-likeness (QED) is 0.886. The number of piperidine rings is 1. The number of benzene rings is 1. The first kappa shape index (κ1) is 18.5. The summed E-state index contributed by atoms with van der Waals surface area (Å²) >= 11 is 5.85. The van der Waals surface area contributed by atoms with Gasteiger partial charge < -0.3 is 5.32 Å². The van der Waals surface area contributed by atoms with Crippen LogP contribution in [0.1, 0.15) is 18.4 Å². The van der Waals surface area contributed by atoms with Gasteiger partial charge in [0.25, 0.3) is 0 Å². The molecule has 0 aliphatic carbocycles. The fraction of sp³-hybridized carbons (Fsp3) is 0.571. The van der Waals surface area contributed by atoms with Crippen LogP contribution in [-0.4, -0.2) is 39.4 Å². The minimum absolute atomic E-state index is 0.199. The molecule has 0 radical (unpaired) electrons. The molecule has 1 heterocycles. The van der Waals surface area contributed by atoms with Crippen LogP contribution in [0.5, 0.6) is 0 Å². The third-order valence-corrected chi connectivity index (χ3v) is 6.32. The number of nitrogens with zero attached hydrogens (tertiary/aromatic N) is 1. The minimum Gasteiger partial charge on any atom is -0.319 e. The Morgan fingerprint density at radius 2 is 1.91 bits per heavy atom. The molecular weight excluding hydrogens is 353 g/mol. The molecule has 23 heavy (non-hydrogen) atoms. The van der Waals surface area contributed by atoms with Crippen molar-refractivity contribution in [3.63, 3.8) is 0 Å². The van der Waals surface area contributed by atoms with Gasteiger partial charge in [0, 0.05) is 13.1 Å². The number of hydrogen-bond donors (Lipinski definition) is 1. The Morgan fingerprint density at radius 3 is 2.43 bits per heavy atom. The van der Waals surface area contributed by atoms with Crippen molar-refractivity contribution in [3.05, 3.63) is 28.8 Å². The fourth-order valence-electron chi connectivity index (χ4n) is 2.66. The molecule has 0 amide bonds. The predicted molar refractivity (Wildman–Crippen MR) is 81.9 cm³/mol. The number of nitrogens with one attached hydrogen (secondary N) is 1. The van der Waals surface area contributed by atoms with Gasteiger partial charge in [-0.05, 0) is 50.6 Å². The van der Waals surface area contributed by atoms with E-state index in [1.165, 1.54) is 4.31 Å². The number of sulfonamides is 1. The van der Waals surface area contributed by atoms with Crippen molar-refractivity contribution in [3.8, 4) is 0 Å². The van der Waals surface area contributed by atoms with E-state index in [1.807, 2.05) is 7.05 Å². The van der Waals surface area contributed by atoms with Gasteiger partial charge in [0.05, 0.1) is 10.6 Å². The molecule has 1 saturated heterocycles. The zero-order valence-electron chi connectivity index (χ0n) is 12.5. The smallest absolute Gasteiger partial charge is 0.319 e. The zero-order chi connectivity index (χ0) is 17.3. The van der Waals surface area contributed by atoms with Gasteiger partial charge in [-0.2, -0.15) is 17.5 Å². The van der Waals surface area contributed by atoms with E-state index in [4.69, 9.17) is 11.6 Å². The van der Waals surface area contributed by atoms with Gasteiger partial charge in [-0.3, -0.25) is 0 Å². The maximum absolute atomic E-state index is 12.8. The maximum Gasteiger partial charge on any atom is 0.416 e. The van der Waals surface area contributed by atoms with E-state index in [-0.39, 0.29) is 18.1 Å². The van der Waals surface area contributed by atoms with Crippen LogP contribution in [0.15, 0.2) is 23.1 Å². The van der Waals surface area contributed by atoms with Gasteiger partial charge in [0.2, 0.25) is 10.0 Å². The lowest BCUT2D eigenvalue weighted by molar-refractivity contribution is -0.137. The van der Waals surface area contributed by atoms with E-state index in [0.29, 0.717) is 24.8 Å². The average molecular weight is 371 g/mol. The van der Waals surface area contributed by atoms with Gasteiger partial charge in [-0.1, -0.05) is 11.6 Å². The second kappa shape index (κ2) is 6.96.